The van der Waals surface area contributed by atoms with E-state index in [9.17, 15) is 4.79 Å². The van der Waals surface area contributed by atoms with Crippen molar-refractivity contribution in [2.45, 2.75) is 13.0 Å². The van der Waals surface area contributed by atoms with Crippen LogP contribution in [0.4, 0.5) is 5.69 Å². The van der Waals surface area contributed by atoms with E-state index in [0.29, 0.717) is 0 Å². The number of fused-ring (bicyclic) bond motifs is 1. The average Bonchev–Trinajstić information content (AvgIpc) is 2.67. The number of rotatable bonds is 4. The fourth-order valence-corrected chi connectivity index (χ4v) is 2.21. The van der Waals surface area contributed by atoms with Crippen molar-refractivity contribution in [3.63, 3.8) is 0 Å². The third-order valence-corrected chi connectivity index (χ3v) is 3.73. The van der Waals surface area contributed by atoms with E-state index >= 15 is 0 Å². The van der Waals surface area contributed by atoms with Crippen LogP contribution in [0.25, 0.3) is 23.1 Å². The Hall–Kier alpha value is -3.18. The summed E-state index contributed by atoms with van der Waals surface area (Å²) in [4.78, 5) is 14.0. The summed E-state index contributed by atoms with van der Waals surface area (Å²) in [6.07, 6.45) is 6.12. The maximum absolute atomic E-state index is 9.57. The number of benzene rings is 2. The summed E-state index contributed by atoms with van der Waals surface area (Å²) < 4.78 is 0. The van der Waals surface area contributed by atoms with E-state index in [1.807, 2.05) is 37.5 Å². The maximum Gasteiger partial charge on any atom is 0.320 e. The van der Waals surface area contributed by atoms with Crippen molar-refractivity contribution in [2.24, 2.45) is 5.73 Å². The van der Waals surface area contributed by atoms with Crippen molar-refractivity contribution >= 4 is 34.7 Å². The number of hydrogen-bond acceptors (Lipinski definition) is 4. The van der Waals surface area contributed by atoms with Crippen LogP contribution in [-0.2, 0) is 4.79 Å². The number of carboxylic acid groups (broad SMARTS) is 1. The van der Waals surface area contributed by atoms with Gasteiger partial charge in [0.1, 0.15) is 6.04 Å². The lowest BCUT2D eigenvalue weighted by molar-refractivity contribution is -0.138. The number of carbonyl (C=O) groups is 1. The molecular formula is C21H23N3O2. The molecule has 0 saturated carbocycles. The molecule has 4 N–H and O–H groups in total. The molecule has 5 nitrogen and oxygen atoms in total. The van der Waals surface area contributed by atoms with Gasteiger partial charge < -0.3 is 16.2 Å². The van der Waals surface area contributed by atoms with Crippen LogP contribution in [0.2, 0.25) is 0 Å². The van der Waals surface area contributed by atoms with Crippen LogP contribution in [0.15, 0.2) is 60.8 Å². The number of hydrogen-bond donors (Lipinski definition) is 3. The first-order valence-electron chi connectivity index (χ1n) is 8.29. The van der Waals surface area contributed by atoms with E-state index < -0.39 is 12.0 Å². The smallest absolute Gasteiger partial charge is 0.320 e. The van der Waals surface area contributed by atoms with Crippen LogP contribution in [-0.4, -0.2) is 29.1 Å². The number of aromatic nitrogens is 1. The Bertz CT molecular complexity index is 882. The predicted octanol–water partition coefficient (Wildman–Crippen LogP) is 3.87. The highest BCUT2D eigenvalue weighted by atomic mass is 16.4. The number of nitrogens with two attached hydrogens (primary N) is 1. The Morgan fingerprint density at radius 1 is 1.12 bits per heavy atom. The molecule has 0 unspecified atom stereocenters. The minimum Gasteiger partial charge on any atom is -0.480 e. The first kappa shape index (κ1) is 19.1. The summed E-state index contributed by atoms with van der Waals surface area (Å²) in [6.45, 7) is 1.42. The highest BCUT2D eigenvalue weighted by Gasteiger charge is 1.99. The molecular weight excluding hydrogens is 326 g/mol. The number of anilines is 1. The van der Waals surface area contributed by atoms with Gasteiger partial charge in [-0.1, -0.05) is 42.5 Å². The zero-order chi connectivity index (χ0) is 18.9. The molecule has 0 radical (unpaired) electrons. The quantitative estimate of drug-likeness (QED) is 0.665. The summed E-state index contributed by atoms with van der Waals surface area (Å²) in [5.41, 5.74) is 9.36. The number of carboxylic acids is 1. The molecule has 0 saturated heterocycles. The third kappa shape index (κ3) is 5.43. The van der Waals surface area contributed by atoms with Crippen LogP contribution < -0.4 is 11.1 Å². The van der Waals surface area contributed by atoms with Gasteiger partial charge >= 0.3 is 5.97 Å². The van der Waals surface area contributed by atoms with Crippen molar-refractivity contribution in [3.05, 3.63) is 71.9 Å². The fourth-order valence-electron chi connectivity index (χ4n) is 2.21. The second-order valence-corrected chi connectivity index (χ2v) is 5.75. The molecule has 0 aliphatic rings. The lowest BCUT2D eigenvalue weighted by Gasteiger charge is -2.02. The Labute approximate surface area is 153 Å². The van der Waals surface area contributed by atoms with Gasteiger partial charge in [-0.15, -0.1) is 0 Å². The molecule has 0 fully saturated rings. The zero-order valence-corrected chi connectivity index (χ0v) is 14.9. The van der Waals surface area contributed by atoms with E-state index in [2.05, 4.69) is 52.8 Å². The second-order valence-electron chi connectivity index (χ2n) is 5.75. The number of aliphatic carboxylic acids is 1. The normalized spacial score (nSPS) is 11.7. The van der Waals surface area contributed by atoms with Gasteiger partial charge in [-0.05, 0) is 42.3 Å². The maximum atomic E-state index is 9.57. The van der Waals surface area contributed by atoms with Gasteiger partial charge in [0.05, 0.1) is 5.52 Å². The molecule has 134 valence electrons. The molecule has 3 rings (SSSR count). The number of nitrogens with one attached hydrogen (secondary N) is 1. The van der Waals surface area contributed by atoms with Crippen molar-refractivity contribution in [2.75, 3.05) is 12.4 Å². The molecule has 1 aromatic heterocycles. The molecule has 0 aliphatic carbocycles. The van der Waals surface area contributed by atoms with Crippen LogP contribution in [0.3, 0.4) is 0 Å². The lowest BCUT2D eigenvalue weighted by Crippen LogP contribution is -2.25. The van der Waals surface area contributed by atoms with Crippen molar-refractivity contribution < 1.29 is 9.90 Å². The minimum absolute atomic E-state index is 0.731. The van der Waals surface area contributed by atoms with Crippen molar-refractivity contribution in [1.82, 2.24) is 4.98 Å². The minimum atomic E-state index is -0.963. The number of nitrogens with zero attached hydrogens (tertiary/aromatic N) is 1. The fraction of sp³-hybridized carbons (Fsp3) is 0.143. The molecule has 0 aliphatic heterocycles. The average molecular weight is 349 g/mol. The highest BCUT2D eigenvalue weighted by Crippen LogP contribution is 2.19. The van der Waals surface area contributed by atoms with Gasteiger partial charge in [-0.3, -0.25) is 9.78 Å². The Balaban J connectivity index is 0.000000352. The van der Waals surface area contributed by atoms with Crippen LogP contribution in [0.5, 0.6) is 0 Å². The second kappa shape index (κ2) is 9.34. The SMILES string of the molecule is CNc1ccc(C=Cc2ccnc3ccccc23)cc1.C[C@H](N)C(=O)O. The van der Waals surface area contributed by atoms with E-state index in [0.717, 1.165) is 11.2 Å². The van der Waals surface area contributed by atoms with Crippen molar-refractivity contribution in [1.29, 1.82) is 0 Å². The van der Waals surface area contributed by atoms with E-state index in [1.165, 1.54) is 23.4 Å². The zero-order valence-electron chi connectivity index (χ0n) is 14.9. The van der Waals surface area contributed by atoms with Gasteiger partial charge in [-0.2, -0.15) is 0 Å². The van der Waals surface area contributed by atoms with E-state index in [4.69, 9.17) is 10.8 Å². The summed E-state index contributed by atoms with van der Waals surface area (Å²) in [7, 11) is 1.92. The van der Waals surface area contributed by atoms with Gasteiger partial charge in [0, 0.05) is 24.3 Å². The van der Waals surface area contributed by atoms with Crippen LogP contribution in [0.1, 0.15) is 18.1 Å². The Kier molecular flexibility index (Phi) is 6.88. The summed E-state index contributed by atoms with van der Waals surface area (Å²) in [6, 6.07) is 17.9. The lowest BCUT2D eigenvalue weighted by atomic mass is 10.1. The van der Waals surface area contributed by atoms with Gasteiger partial charge in [0.25, 0.3) is 0 Å². The van der Waals surface area contributed by atoms with Crippen molar-refractivity contribution in [3.8, 4) is 0 Å². The standard InChI is InChI=1S/C18H16N2.C3H7NO2/c1-19-16-10-7-14(8-11-16)6-9-15-12-13-20-18-5-3-2-4-17(15)18;1-2(4)3(5)6/h2-13,19H,1H3;2H,4H2,1H3,(H,5,6)/t;2-/m.0/s1. The molecule has 0 amide bonds. The Morgan fingerprint density at radius 2 is 1.77 bits per heavy atom. The Morgan fingerprint density at radius 3 is 2.38 bits per heavy atom. The van der Waals surface area contributed by atoms with Crippen LogP contribution in [0, 0.1) is 0 Å². The molecule has 1 atom stereocenters. The molecule has 3 aromatic rings. The van der Waals surface area contributed by atoms with Gasteiger partial charge in [0.15, 0.2) is 0 Å². The molecule has 2 aromatic carbocycles. The molecule has 0 spiro atoms. The highest BCUT2D eigenvalue weighted by molar-refractivity contribution is 5.90. The van der Waals surface area contributed by atoms with E-state index in [-0.39, 0.29) is 0 Å². The summed E-state index contributed by atoms with van der Waals surface area (Å²) >= 11 is 0. The molecule has 0 bridgehead atoms. The summed E-state index contributed by atoms with van der Waals surface area (Å²) in [5, 5.41) is 12.2. The van der Waals surface area contributed by atoms with E-state index in [1.54, 1.807) is 0 Å². The number of pyridine rings is 1. The van der Waals surface area contributed by atoms with Gasteiger partial charge in [0.2, 0.25) is 0 Å². The molecule has 26 heavy (non-hydrogen) atoms. The third-order valence-electron chi connectivity index (χ3n) is 3.73. The monoisotopic (exact) mass is 349 g/mol. The number of para-hydroxylation sites is 1. The predicted molar refractivity (Wildman–Crippen MR) is 108 cm³/mol. The first-order chi connectivity index (χ1) is 12.5. The molecule has 5 heteroatoms. The first-order valence-corrected chi connectivity index (χ1v) is 8.29. The topological polar surface area (TPSA) is 88.2 Å². The summed E-state index contributed by atoms with van der Waals surface area (Å²) in [5.74, 6) is -0.963. The van der Waals surface area contributed by atoms with Gasteiger partial charge in [-0.25, -0.2) is 0 Å². The largest absolute Gasteiger partial charge is 0.480 e. The molecule has 1 heterocycles. The van der Waals surface area contributed by atoms with Crippen LogP contribution >= 0.6 is 0 Å².